The number of guanidine groups is 1. The number of hydrogen-bond donors (Lipinski definition) is 2. The average Bonchev–Trinajstić information content (AvgIpc) is 2.57. The smallest absolute Gasteiger partial charge is 0.193 e. The van der Waals surface area contributed by atoms with Crippen LogP contribution in [0.1, 0.15) is 44.1 Å². The largest absolute Gasteiger partial charge is 0.380 e. The SMILES string of the molecule is COCc1ccccc1NC(N)=NCCCOC1CCCCC1.I. The standard InChI is InChI=1S/C18H29N3O2.HI/c1-22-14-15-8-5-6-11-17(15)21-18(19)20-12-7-13-23-16-9-3-2-4-10-16;/h5-6,8,11,16H,2-4,7,9-10,12-14H2,1H3,(H3,19,20,21);1H. The van der Waals surface area contributed by atoms with Gasteiger partial charge < -0.3 is 20.5 Å². The van der Waals surface area contributed by atoms with Crippen molar-refractivity contribution in [2.45, 2.75) is 51.2 Å². The third kappa shape index (κ3) is 7.81. The fourth-order valence-electron chi connectivity index (χ4n) is 2.85. The molecule has 136 valence electrons. The summed E-state index contributed by atoms with van der Waals surface area (Å²) in [4.78, 5) is 4.37. The summed E-state index contributed by atoms with van der Waals surface area (Å²) >= 11 is 0. The molecule has 1 aromatic carbocycles. The van der Waals surface area contributed by atoms with Gasteiger partial charge in [-0.3, -0.25) is 4.99 Å². The van der Waals surface area contributed by atoms with E-state index in [1.165, 1.54) is 32.1 Å². The Hall–Kier alpha value is -0.860. The molecule has 2 rings (SSSR count). The Balaban J connectivity index is 0.00000288. The zero-order valence-corrected chi connectivity index (χ0v) is 16.8. The highest BCUT2D eigenvalue weighted by atomic mass is 127. The van der Waals surface area contributed by atoms with E-state index in [2.05, 4.69) is 10.3 Å². The molecule has 0 radical (unpaired) electrons. The van der Waals surface area contributed by atoms with Gasteiger partial charge >= 0.3 is 0 Å². The Kier molecular flexibility index (Phi) is 11.0. The van der Waals surface area contributed by atoms with E-state index in [4.69, 9.17) is 15.2 Å². The molecule has 5 nitrogen and oxygen atoms in total. The van der Waals surface area contributed by atoms with Crippen LogP contribution in [0, 0.1) is 0 Å². The fourth-order valence-corrected chi connectivity index (χ4v) is 2.85. The van der Waals surface area contributed by atoms with Gasteiger partial charge in [0.2, 0.25) is 0 Å². The van der Waals surface area contributed by atoms with Gasteiger partial charge in [-0.25, -0.2) is 0 Å². The summed E-state index contributed by atoms with van der Waals surface area (Å²) in [6, 6.07) is 7.93. The number of rotatable bonds is 8. The molecule has 0 aromatic heterocycles. The maximum absolute atomic E-state index is 5.95. The van der Waals surface area contributed by atoms with E-state index in [0.29, 0.717) is 25.2 Å². The predicted octanol–water partition coefficient (Wildman–Crippen LogP) is 3.92. The summed E-state index contributed by atoms with van der Waals surface area (Å²) in [6.07, 6.45) is 7.76. The first-order valence-electron chi connectivity index (χ1n) is 8.55. The van der Waals surface area contributed by atoms with Crippen LogP contribution >= 0.6 is 24.0 Å². The third-order valence-electron chi connectivity index (χ3n) is 4.07. The van der Waals surface area contributed by atoms with Crippen LogP contribution in [0.25, 0.3) is 0 Å². The lowest BCUT2D eigenvalue weighted by Gasteiger charge is -2.21. The van der Waals surface area contributed by atoms with Crippen molar-refractivity contribution in [1.29, 1.82) is 0 Å². The first-order valence-corrected chi connectivity index (χ1v) is 8.55. The molecule has 0 unspecified atom stereocenters. The Morgan fingerprint density at radius 3 is 2.75 bits per heavy atom. The van der Waals surface area contributed by atoms with Crippen LogP contribution in [-0.2, 0) is 16.1 Å². The lowest BCUT2D eigenvalue weighted by molar-refractivity contribution is 0.0281. The minimum atomic E-state index is 0. The lowest BCUT2D eigenvalue weighted by Crippen LogP contribution is -2.24. The van der Waals surface area contributed by atoms with E-state index in [-0.39, 0.29) is 24.0 Å². The minimum Gasteiger partial charge on any atom is -0.380 e. The lowest BCUT2D eigenvalue weighted by atomic mass is 9.98. The van der Waals surface area contributed by atoms with Gasteiger partial charge in [0.25, 0.3) is 0 Å². The van der Waals surface area contributed by atoms with Crippen LogP contribution < -0.4 is 11.1 Å². The van der Waals surface area contributed by atoms with Crippen molar-refractivity contribution < 1.29 is 9.47 Å². The quantitative estimate of drug-likeness (QED) is 0.274. The van der Waals surface area contributed by atoms with Gasteiger partial charge in [-0.15, -0.1) is 24.0 Å². The van der Waals surface area contributed by atoms with E-state index in [0.717, 1.165) is 24.3 Å². The Morgan fingerprint density at radius 2 is 2.00 bits per heavy atom. The Morgan fingerprint density at radius 1 is 1.25 bits per heavy atom. The molecule has 3 N–H and O–H groups in total. The number of ether oxygens (including phenoxy) is 2. The summed E-state index contributed by atoms with van der Waals surface area (Å²) in [5.74, 6) is 0.436. The van der Waals surface area contributed by atoms with Crippen molar-refractivity contribution in [2.24, 2.45) is 10.7 Å². The summed E-state index contributed by atoms with van der Waals surface area (Å²) in [5, 5.41) is 3.14. The Labute approximate surface area is 162 Å². The second-order valence-corrected chi connectivity index (χ2v) is 5.97. The maximum atomic E-state index is 5.95. The van der Waals surface area contributed by atoms with Gasteiger partial charge in [-0.2, -0.15) is 0 Å². The van der Waals surface area contributed by atoms with E-state index in [9.17, 15) is 0 Å². The summed E-state index contributed by atoms with van der Waals surface area (Å²) < 4.78 is 11.1. The molecular weight excluding hydrogens is 417 g/mol. The number of methoxy groups -OCH3 is 1. The second kappa shape index (κ2) is 12.5. The second-order valence-electron chi connectivity index (χ2n) is 5.97. The van der Waals surface area contributed by atoms with Gasteiger partial charge in [0.05, 0.1) is 12.7 Å². The molecule has 1 fully saturated rings. The number of nitrogens with two attached hydrogens (primary N) is 1. The number of halogens is 1. The zero-order chi connectivity index (χ0) is 16.3. The molecule has 0 amide bonds. The van der Waals surface area contributed by atoms with Gasteiger partial charge in [0, 0.05) is 31.5 Å². The number of nitrogens with one attached hydrogen (secondary N) is 1. The van der Waals surface area contributed by atoms with E-state index in [1.807, 2.05) is 24.3 Å². The molecule has 1 aliphatic carbocycles. The summed E-state index contributed by atoms with van der Waals surface area (Å²) in [6.45, 7) is 1.99. The van der Waals surface area contributed by atoms with E-state index >= 15 is 0 Å². The van der Waals surface area contributed by atoms with Crippen LogP contribution in [0.15, 0.2) is 29.3 Å². The molecule has 0 saturated heterocycles. The van der Waals surface area contributed by atoms with Crippen LogP contribution in [0.3, 0.4) is 0 Å². The maximum Gasteiger partial charge on any atom is 0.193 e. The number of aliphatic imine (C=N–C) groups is 1. The van der Waals surface area contributed by atoms with Crippen LogP contribution in [0.2, 0.25) is 0 Å². The van der Waals surface area contributed by atoms with Gasteiger partial charge in [-0.1, -0.05) is 37.5 Å². The van der Waals surface area contributed by atoms with E-state index < -0.39 is 0 Å². The van der Waals surface area contributed by atoms with Crippen molar-refractivity contribution in [3.63, 3.8) is 0 Å². The Bertz CT molecular complexity index is 491. The average molecular weight is 447 g/mol. The fraction of sp³-hybridized carbons (Fsp3) is 0.611. The number of nitrogens with zero attached hydrogens (tertiary/aromatic N) is 1. The summed E-state index contributed by atoms with van der Waals surface area (Å²) in [7, 11) is 1.68. The minimum absolute atomic E-state index is 0. The highest BCUT2D eigenvalue weighted by Crippen LogP contribution is 2.20. The monoisotopic (exact) mass is 447 g/mol. The van der Waals surface area contributed by atoms with Crippen LogP contribution in [0.4, 0.5) is 5.69 Å². The number of para-hydroxylation sites is 1. The molecular formula is C18H30IN3O2. The van der Waals surface area contributed by atoms with Gasteiger partial charge in [0.1, 0.15) is 0 Å². The predicted molar refractivity (Wildman–Crippen MR) is 110 cm³/mol. The molecule has 1 aromatic rings. The number of hydrogen-bond acceptors (Lipinski definition) is 3. The van der Waals surface area contributed by atoms with Crippen molar-refractivity contribution in [3.05, 3.63) is 29.8 Å². The van der Waals surface area contributed by atoms with Crippen LogP contribution in [-0.4, -0.2) is 32.3 Å². The highest BCUT2D eigenvalue weighted by Gasteiger charge is 2.12. The van der Waals surface area contributed by atoms with Crippen molar-refractivity contribution in [3.8, 4) is 0 Å². The molecule has 0 atom stereocenters. The first kappa shape index (κ1) is 21.2. The number of anilines is 1. The third-order valence-corrected chi connectivity index (χ3v) is 4.07. The molecule has 24 heavy (non-hydrogen) atoms. The molecule has 0 aliphatic heterocycles. The molecule has 0 spiro atoms. The van der Waals surface area contributed by atoms with Crippen molar-refractivity contribution in [1.82, 2.24) is 0 Å². The molecule has 1 saturated carbocycles. The zero-order valence-electron chi connectivity index (χ0n) is 14.5. The normalized spacial score (nSPS) is 15.8. The topological polar surface area (TPSA) is 68.9 Å². The molecule has 6 heteroatoms. The van der Waals surface area contributed by atoms with Crippen LogP contribution in [0.5, 0.6) is 0 Å². The molecule has 0 heterocycles. The van der Waals surface area contributed by atoms with Gasteiger partial charge in [-0.05, 0) is 25.3 Å². The molecule has 1 aliphatic rings. The van der Waals surface area contributed by atoms with E-state index in [1.54, 1.807) is 7.11 Å². The van der Waals surface area contributed by atoms with Gasteiger partial charge in [0.15, 0.2) is 5.96 Å². The van der Waals surface area contributed by atoms with Crippen molar-refractivity contribution >= 4 is 35.6 Å². The summed E-state index contributed by atoms with van der Waals surface area (Å²) in [5.41, 5.74) is 7.96. The first-order chi connectivity index (χ1) is 11.3. The molecule has 0 bridgehead atoms. The van der Waals surface area contributed by atoms with Crippen molar-refractivity contribution in [2.75, 3.05) is 25.6 Å². The highest BCUT2D eigenvalue weighted by molar-refractivity contribution is 14.0. The number of benzene rings is 1.